The van der Waals surface area contributed by atoms with E-state index in [0.29, 0.717) is 5.25 Å². The zero-order chi connectivity index (χ0) is 9.68. The average molecular weight is 196 g/mol. The average Bonchev–Trinajstić information content (AvgIpc) is 2.04. The second-order valence-electron chi connectivity index (χ2n) is 3.07. The summed E-state index contributed by atoms with van der Waals surface area (Å²) in [6.45, 7) is 7.38. The van der Waals surface area contributed by atoms with E-state index in [0.717, 1.165) is 12.4 Å². The van der Waals surface area contributed by atoms with Gasteiger partial charge in [-0.1, -0.05) is 13.8 Å². The van der Waals surface area contributed by atoms with Crippen molar-refractivity contribution in [1.29, 1.82) is 0 Å². The molecule has 0 amide bonds. The SMILES string of the molecule is CCNc1cc(SC(C)C)ccn1. The van der Waals surface area contributed by atoms with Crippen LogP contribution >= 0.6 is 11.8 Å². The second kappa shape index (κ2) is 5.12. The van der Waals surface area contributed by atoms with Gasteiger partial charge < -0.3 is 5.32 Å². The number of nitrogens with one attached hydrogen (secondary N) is 1. The van der Waals surface area contributed by atoms with Crippen molar-refractivity contribution >= 4 is 17.6 Å². The van der Waals surface area contributed by atoms with Gasteiger partial charge in [0.15, 0.2) is 0 Å². The summed E-state index contributed by atoms with van der Waals surface area (Å²) in [5.41, 5.74) is 0. The van der Waals surface area contributed by atoms with Crippen LogP contribution in [0.3, 0.4) is 0 Å². The van der Waals surface area contributed by atoms with E-state index in [4.69, 9.17) is 0 Å². The maximum atomic E-state index is 4.21. The van der Waals surface area contributed by atoms with Crippen LogP contribution in [0, 0.1) is 0 Å². The van der Waals surface area contributed by atoms with Gasteiger partial charge in [0.25, 0.3) is 0 Å². The third-order valence-corrected chi connectivity index (χ3v) is 2.46. The standard InChI is InChI=1S/C10H16N2S/c1-4-11-10-7-9(5-6-12-10)13-8(2)3/h5-8H,4H2,1-3H3,(H,11,12). The topological polar surface area (TPSA) is 24.9 Å². The lowest BCUT2D eigenvalue weighted by molar-refractivity contribution is 1.10. The molecule has 1 heterocycles. The third-order valence-electron chi connectivity index (χ3n) is 1.46. The summed E-state index contributed by atoms with van der Waals surface area (Å²) in [5, 5.41) is 3.82. The van der Waals surface area contributed by atoms with Gasteiger partial charge in [-0.3, -0.25) is 0 Å². The van der Waals surface area contributed by atoms with Crippen molar-refractivity contribution in [3.8, 4) is 0 Å². The largest absolute Gasteiger partial charge is 0.370 e. The minimum atomic E-state index is 0.622. The van der Waals surface area contributed by atoms with Gasteiger partial charge in [0.1, 0.15) is 5.82 Å². The van der Waals surface area contributed by atoms with E-state index in [-0.39, 0.29) is 0 Å². The van der Waals surface area contributed by atoms with Crippen molar-refractivity contribution in [2.24, 2.45) is 0 Å². The smallest absolute Gasteiger partial charge is 0.126 e. The summed E-state index contributed by atoms with van der Waals surface area (Å²) < 4.78 is 0. The van der Waals surface area contributed by atoms with Gasteiger partial charge in [0.2, 0.25) is 0 Å². The molecule has 0 aliphatic heterocycles. The van der Waals surface area contributed by atoms with E-state index in [2.05, 4.69) is 37.1 Å². The molecule has 0 aliphatic rings. The molecule has 1 rings (SSSR count). The highest BCUT2D eigenvalue weighted by atomic mass is 32.2. The lowest BCUT2D eigenvalue weighted by Gasteiger charge is -2.06. The number of nitrogens with zero attached hydrogens (tertiary/aromatic N) is 1. The summed E-state index contributed by atoms with van der Waals surface area (Å²) in [4.78, 5) is 5.49. The third kappa shape index (κ3) is 3.68. The molecule has 1 aromatic rings. The Morgan fingerprint density at radius 2 is 2.31 bits per heavy atom. The van der Waals surface area contributed by atoms with E-state index < -0.39 is 0 Å². The van der Waals surface area contributed by atoms with Gasteiger partial charge >= 0.3 is 0 Å². The van der Waals surface area contributed by atoms with Crippen LogP contribution in [0.25, 0.3) is 0 Å². The Morgan fingerprint density at radius 3 is 2.92 bits per heavy atom. The molecule has 2 nitrogen and oxygen atoms in total. The van der Waals surface area contributed by atoms with E-state index in [1.807, 2.05) is 24.0 Å². The van der Waals surface area contributed by atoms with Crippen LogP contribution in [-0.4, -0.2) is 16.8 Å². The molecule has 0 aromatic carbocycles. The van der Waals surface area contributed by atoms with Crippen LogP contribution in [0.4, 0.5) is 5.82 Å². The number of thioether (sulfide) groups is 1. The Balaban J connectivity index is 2.67. The van der Waals surface area contributed by atoms with E-state index in [1.165, 1.54) is 4.90 Å². The van der Waals surface area contributed by atoms with Crippen LogP contribution < -0.4 is 5.32 Å². The number of pyridine rings is 1. The van der Waals surface area contributed by atoms with Gasteiger partial charge in [-0.05, 0) is 19.1 Å². The maximum Gasteiger partial charge on any atom is 0.126 e. The van der Waals surface area contributed by atoms with Crippen molar-refractivity contribution in [2.45, 2.75) is 30.9 Å². The molecule has 1 aromatic heterocycles. The molecule has 0 unspecified atom stereocenters. The molecule has 0 saturated carbocycles. The molecule has 0 spiro atoms. The van der Waals surface area contributed by atoms with Gasteiger partial charge in [0.05, 0.1) is 0 Å². The fourth-order valence-electron chi connectivity index (χ4n) is 1.03. The van der Waals surface area contributed by atoms with Gasteiger partial charge in [-0.25, -0.2) is 4.98 Å². The fraction of sp³-hybridized carbons (Fsp3) is 0.500. The summed E-state index contributed by atoms with van der Waals surface area (Å²) in [6, 6.07) is 4.14. The molecule has 3 heteroatoms. The molecule has 0 aliphatic carbocycles. The number of aromatic nitrogens is 1. The molecule has 13 heavy (non-hydrogen) atoms. The molecular formula is C10H16N2S. The Morgan fingerprint density at radius 1 is 1.54 bits per heavy atom. The highest BCUT2D eigenvalue weighted by Crippen LogP contribution is 2.23. The van der Waals surface area contributed by atoms with Crippen molar-refractivity contribution in [3.05, 3.63) is 18.3 Å². The normalized spacial score (nSPS) is 10.5. The summed E-state index contributed by atoms with van der Waals surface area (Å²) in [7, 11) is 0. The first-order valence-electron chi connectivity index (χ1n) is 4.59. The van der Waals surface area contributed by atoms with E-state index in [9.17, 15) is 0 Å². The highest BCUT2D eigenvalue weighted by molar-refractivity contribution is 7.99. The monoisotopic (exact) mass is 196 g/mol. The predicted octanol–water partition coefficient (Wildman–Crippen LogP) is 3.01. The summed E-state index contributed by atoms with van der Waals surface area (Å²) in [6.07, 6.45) is 1.85. The van der Waals surface area contributed by atoms with Crippen molar-refractivity contribution < 1.29 is 0 Å². The van der Waals surface area contributed by atoms with Gasteiger partial charge in [-0.2, -0.15) is 0 Å². The highest BCUT2D eigenvalue weighted by Gasteiger charge is 1.99. The first-order valence-corrected chi connectivity index (χ1v) is 5.47. The number of hydrogen-bond donors (Lipinski definition) is 1. The molecular weight excluding hydrogens is 180 g/mol. The number of hydrogen-bond acceptors (Lipinski definition) is 3. The molecule has 72 valence electrons. The zero-order valence-electron chi connectivity index (χ0n) is 8.37. The lowest BCUT2D eigenvalue weighted by atomic mass is 10.4. The molecule has 0 atom stereocenters. The molecule has 1 N–H and O–H groups in total. The number of rotatable bonds is 4. The van der Waals surface area contributed by atoms with Crippen LogP contribution in [0.15, 0.2) is 23.2 Å². The Labute approximate surface area is 84.1 Å². The zero-order valence-corrected chi connectivity index (χ0v) is 9.19. The quantitative estimate of drug-likeness (QED) is 0.749. The van der Waals surface area contributed by atoms with Crippen molar-refractivity contribution in [1.82, 2.24) is 4.98 Å². The fourth-order valence-corrected chi connectivity index (χ4v) is 1.90. The van der Waals surface area contributed by atoms with Crippen LogP contribution in [-0.2, 0) is 0 Å². The molecule has 0 radical (unpaired) electrons. The maximum absolute atomic E-state index is 4.21. The predicted molar refractivity (Wildman–Crippen MR) is 59.4 cm³/mol. The van der Waals surface area contributed by atoms with Crippen molar-refractivity contribution in [3.63, 3.8) is 0 Å². The van der Waals surface area contributed by atoms with E-state index >= 15 is 0 Å². The minimum Gasteiger partial charge on any atom is -0.370 e. The Bertz CT molecular complexity index is 261. The lowest BCUT2D eigenvalue weighted by Crippen LogP contribution is -1.98. The molecule has 0 saturated heterocycles. The van der Waals surface area contributed by atoms with Crippen LogP contribution in [0.5, 0.6) is 0 Å². The Kier molecular flexibility index (Phi) is 4.09. The first kappa shape index (κ1) is 10.4. The Hall–Kier alpha value is -0.700. The first-order chi connectivity index (χ1) is 6.22. The molecule has 0 bridgehead atoms. The van der Waals surface area contributed by atoms with Crippen LogP contribution in [0.1, 0.15) is 20.8 Å². The molecule has 0 fully saturated rings. The van der Waals surface area contributed by atoms with Crippen molar-refractivity contribution in [2.75, 3.05) is 11.9 Å². The van der Waals surface area contributed by atoms with Gasteiger partial charge in [-0.15, -0.1) is 11.8 Å². The number of anilines is 1. The van der Waals surface area contributed by atoms with Crippen LogP contribution in [0.2, 0.25) is 0 Å². The van der Waals surface area contributed by atoms with Gasteiger partial charge in [0, 0.05) is 22.9 Å². The summed E-state index contributed by atoms with van der Waals surface area (Å²) in [5.74, 6) is 0.966. The summed E-state index contributed by atoms with van der Waals surface area (Å²) >= 11 is 1.86. The minimum absolute atomic E-state index is 0.622. The van der Waals surface area contributed by atoms with E-state index in [1.54, 1.807) is 0 Å². The second-order valence-corrected chi connectivity index (χ2v) is 4.72.